The predicted molar refractivity (Wildman–Crippen MR) is 77.7 cm³/mol. The van der Waals surface area contributed by atoms with E-state index in [-0.39, 0.29) is 0 Å². The zero-order chi connectivity index (χ0) is 12.8. The SMILES string of the molecule is CCc1nc(CN(CC)Cc2ccccc2)cs1. The number of nitrogens with zero attached hydrogens (tertiary/aromatic N) is 2. The molecule has 1 aromatic heterocycles. The molecule has 0 N–H and O–H groups in total. The van der Waals surface area contributed by atoms with E-state index < -0.39 is 0 Å². The Kier molecular flexibility index (Phi) is 4.90. The van der Waals surface area contributed by atoms with Gasteiger partial charge in [0.25, 0.3) is 0 Å². The highest BCUT2D eigenvalue weighted by Crippen LogP contribution is 2.14. The highest BCUT2D eigenvalue weighted by Gasteiger charge is 2.07. The van der Waals surface area contributed by atoms with E-state index in [1.165, 1.54) is 16.3 Å². The molecule has 0 aliphatic rings. The van der Waals surface area contributed by atoms with Gasteiger partial charge in [-0.15, -0.1) is 11.3 Å². The Labute approximate surface area is 113 Å². The van der Waals surface area contributed by atoms with Crippen molar-refractivity contribution in [1.29, 1.82) is 0 Å². The summed E-state index contributed by atoms with van der Waals surface area (Å²) < 4.78 is 0. The Morgan fingerprint density at radius 2 is 1.89 bits per heavy atom. The minimum Gasteiger partial charge on any atom is -0.294 e. The monoisotopic (exact) mass is 260 g/mol. The summed E-state index contributed by atoms with van der Waals surface area (Å²) in [5.41, 5.74) is 2.57. The van der Waals surface area contributed by atoms with E-state index in [1.807, 2.05) is 0 Å². The molecule has 0 saturated heterocycles. The molecule has 2 rings (SSSR count). The Morgan fingerprint density at radius 1 is 1.11 bits per heavy atom. The Balaban J connectivity index is 1.97. The van der Waals surface area contributed by atoms with Gasteiger partial charge < -0.3 is 0 Å². The normalized spacial score (nSPS) is 11.1. The first-order chi connectivity index (χ1) is 8.81. The molecule has 3 heteroatoms. The van der Waals surface area contributed by atoms with Crippen LogP contribution in [0.2, 0.25) is 0 Å². The van der Waals surface area contributed by atoms with Crippen LogP contribution in [-0.4, -0.2) is 16.4 Å². The van der Waals surface area contributed by atoms with Gasteiger partial charge >= 0.3 is 0 Å². The maximum absolute atomic E-state index is 4.63. The minimum absolute atomic E-state index is 0.946. The van der Waals surface area contributed by atoms with Crippen LogP contribution < -0.4 is 0 Å². The Bertz CT molecular complexity index is 464. The first-order valence-electron chi connectivity index (χ1n) is 6.51. The van der Waals surface area contributed by atoms with Crippen molar-refractivity contribution in [3.8, 4) is 0 Å². The second-order valence-electron chi connectivity index (χ2n) is 4.38. The van der Waals surface area contributed by atoms with Crippen LogP contribution in [0.25, 0.3) is 0 Å². The lowest BCUT2D eigenvalue weighted by Crippen LogP contribution is -2.22. The first kappa shape index (κ1) is 13.2. The fourth-order valence-corrected chi connectivity index (χ4v) is 2.67. The summed E-state index contributed by atoms with van der Waals surface area (Å²) in [6.07, 6.45) is 1.04. The lowest BCUT2D eigenvalue weighted by atomic mass is 10.2. The molecule has 2 nitrogen and oxygen atoms in total. The van der Waals surface area contributed by atoms with Crippen molar-refractivity contribution in [3.63, 3.8) is 0 Å². The number of aromatic nitrogens is 1. The maximum atomic E-state index is 4.63. The van der Waals surface area contributed by atoms with Gasteiger partial charge in [-0.1, -0.05) is 44.2 Å². The predicted octanol–water partition coefficient (Wildman–Crippen LogP) is 3.73. The lowest BCUT2D eigenvalue weighted by Gasteiger charge is -2.19. The molecule has 1 heterocycles. The summed E-state index contributed by atoms with van der Waals surface area (Å²) in [5.74, 6) is 0. The third-order valence-corrected chi connectivity index (χ3v) is 4.03. The summed E-state index contributed by atoms with van der Waals surface area (Å²) in [6, 6.07) is 10.6. The molecule has 1 aromatic carbocycles. The van der Waals surface area contributed by atoms with Crippen molar-refractivity contribution in [1.82, 2.24) is 9.88 Å². The lowest BCUT2D eigenvalue weighted by molar-refractivity contribution is 0.268. The van der Waals surface area contributed by atoms with E-state index in [1.54, 1.807) is 11.3 Å². The maximum Gasteiger partial charge on any atom is 0.0926 e. The van der Waals surface area contributed by atoms with E-state index in [2.05, 4.69) is 59.4 Å². The van der Waals surface area contributed by atoms with E-state index >= 15 is 0 Å². The van der Waals surface area contributed by atoms with Gasteiger partial charge in [0.05, 0.1) is 10.7 Å². The van der Waals surface area contributed by atoms with Crippen LogP contribution in [0.3, 0.4) is 0 Å². The van der Waals surface area contributed by atoms with Gasteiger partial charge in [0.15, 0.2) is 0 Å². The molecule has 18 heavy (non-hydrogen) atoms. The summed E-state index contributed by atoms with van der Waals surface area (Å²) in [5, 5.41) is 3.42. The van der Waals surface area contributed by atoms with Gasteiger partial charge in [-0.25, -0.2) is 4.98 Å². The molecule has 0 radical (unpaired) electrons. The molecular formula is C15H20N2S. The molecule has 2 aromatic rings. The molecule has 0 unspecified atom stereocenters. The Hall–Kier alpha value is -1.19. The van der Waals surface area contributed by atoms with Crippen LogP contribution in [0.15, 0.2) is 35.7 Å². The van der Waals surface area contributed by atoms with E-state index in [0.717, 1.165) is 26.1 Å². The number of thiazole rings is 1. The van der Waals surface area contributed by atoms with E-state index in [9.17, 15) is 0 Å². The third-order valence-electron chi connectivity index (χ3n) is 2.98. The Morgan fingerprint density at radius 3 is 2.50 bits per heavy atom. The van der Waals surface area contributed by atoms with Crippen LogP contribution in [0.4, 0.5) is 0 Å². The van der Waals surface area contributed by atoms with Crippen LogP contribution in [0.5, 0.6) is 0 Å². The van der Waals surface area contributed by atoms with E-state index in [4.69, 9.17) is 0 Å². The summed E-state index contributed by atoms with van der Waals surface area (Å²) in [6.45, 7) is 7.35. The van der Waals surface area contributed by atoms with Crippen LogP contribution in [0, 0.1) is 0 Å². The number of rotatable bonds is 6. The van der Waals surface area contributed by atoms with Crippen molar-refractivity contribution in [3.05, 3.63) is 52.0 Å². The highest BCUT2D eigenvalue weighted by molar-refractivity contribution is 7.09. The van der Waals surface area contributed by atoms with Crippen molar-refractivity contribution in [2.45, 2.75) is 33.4 Å². The summed E-state index contributed by atoms with van der Waals surface area (Å²) in [4.78, 5) is 7.06. The molecule has 0 spiro atoms. The molecule has 0 aliphatic carbocycles. The van der Waals surface area contributed by atoms with Gasteiger partial charge in [0, 0.05) is 18.5 Å². The standard InChI is InChI=1S/C15H20N2S/c1-3-15-16-14(12-18-15)11-17(4-2)10-13-8-6-5-7-9-13/h5-9,12H,3-4,10-11H2,1-2H3. The topological polar surface area (TPSA) is 16.1 Å². The summed E-state index contributed by atoms with van der Waals surface area (Å²) in [7, 11) is 0. The van der Waals surface area contributed by atoms with Crippen molar-refractivity contribution in [2.24, 2.45) is 0 Å². The quantitative estimate of drug-likeness (QED) is 0.787. The molecule has 0 bridgehead atoms. The average molecular weight is 260 g/mol. The van der Waals surface area contributed by atoms with Crippen molar-refractivity contribution < 1.29 is 0 Å². The van der Waals surface area contributed by atoms with Crippen molar-refractivity contribution >= 4 is 11.3 Å². The molecule has 96 valence electrons. The molecule has 0 aliphatic heterocycles. The molecule has 0 atom stereocenters. The van der Waals surface area contributed by atoms with Gasteiger partial charge in [0.2, 0.25) is 0 Å². The van der Waals surface area contributed by atoms with Crippen LogP contribution in [-0.2, 0) is 19.5 Å². The van der Waals surface area contributed by atoms with E-state index in [0.29, 0.717) is 0 Å². The fraction of sp³-hybridized carbons (Fsp3) is 0.400. The van der Waals surface area contributed by atoms with Crippen LogP contribution in [0.1, 0.15) is 30.1 Å². The van der Waals surface area contributed by atoms with Crippen LogP contribution >= 0.6 is 11.3 Å². The average Bonchev–Trinajstić information content (AvgIpc) is 2.87. The first-order valence-corrected chi connectivity index (χ1v) is 7.39. The minimum atomic E-state index is 0.946. The molecule has 0 amide bonds. The number of hydrogen-bond acceptors (Lipinski definition) is 3. The second kappa shape index (κ2) is 6.66. The van der Waals surface area contributed by atoms with Crippen molar-refractivity contribution in [2.75, 3.05) is 6.54 Å². The zero-order valence-corrected chi connectivity index (χ0v) is 11.9. The number of benzene rings is 1. The number of hydrogen-bond donors (Lipinski definition) is 0. The number of aryl methyl sites for hydroxylation is 1. The highest BCUT2D eigenvalue weighted by atomic mass is 32.1. The largest absolute Gasteiger partial charge is 0.294 e. The molecular weight excluding hydrogens is 240 g/mol. The fourth-order valence-electron chi connectivity index (χ4n) is 1.93. The zero-order valence-electron chi connectivity index (χ0n) is 11.1. The van der Waals surface area contributed by atoms with Gasteiger partial charge in [-0.05, 0) is 18.5 Å². The molecule has 0 fully saturated rings. The van der Waals surface area contributed by atoms with Gasteiger partial charge in [0.1, 0.15) is 0 Å². The third kappa shape index (κ3) is 3.65. The summed E-state index contributed by atoms with van der Waals surface area (Å²) >= 11 is 1.77. The molecule has 0 saturated carbocycles. The second-order valence-corrected chi connectivity index (χ2v) is 5.32. The van der Waals surface area contributed by atoms with Gasteiger partial charge in [-0.3, -0.25) is 4.90 Å². The smallest absolute Gasteiger partial charge is 0.0926 e. The van der Waals surface area contributed by atoms with Gasteiger partial charge in [-0.2, -0.15) is 0 Å².